The Morgan fingerprint density at radius 2 is 1.59 bits per heavy atom. The van der Waals surface area contributed by atoms with Crippen molar-refractivity contribution in [2.75, 3.05) is 9.80 Å². The Bertz CT molecular complexity index is 2950. The highest BCUT2D eigenvalue weighted by Crippen LogP contribution is 2.58. The normalized spacial score (nSPS) is 26.3. The van der Waals surface area contributed by atoms with Gasteiger partial charge >= 0.3 is 0 Å². The molecule has 4 nitrogen and oxygen atoms in total. The van der Waals surface area contributed by atoms with Gasteiger partial charge < -0.3 is 19.0 Å². The van der Waals surface area contributed by atoms with E-state index in [2.05, 4.69) is 202 Å². The summed E-state index contributed by atoms with van der Waals surface area (Å²) in [5.74, 6) is 3.27. The zero-order chi connectivity index (χ0) is 42.6. The van der Waals surface area contributed by atoms with E-state index >= 15 is 0 Å². The lowest BCUT2D eigenvalue weighted by Crippen LogP contribution is -2.46. The van der Waals surface area contributed by atoms with Gasteiger partial charge in [0.15, 0.2) is 5.58 Å². The van der Waals surface area contributed by atoms with Crippen LogP contribution in [-0.2, 0) is 6.42 Å². The Hall–Kier alpha value is -6.26. The van der Waals surface area contributed by atoms with Crippen molar-refractivity contribution in [2.24, 2.45) is 11.8 Å². The van der Waals surface area contributed by atoms with Crippen molar-refractivity contribution in [3.05, 3.63) is 196 Å². The largest absolute Gasteiger partial charge is 0.483 e. The van der Waals surface area contributed by atoms with E-state index in [9.17, 15) is 0 Å². The maximum absolute atomic E-state index is 6.95. The molecule has 2 heterocycles. The van der Waals surface area contributed by atoms with E-state index in [1.165, 1.54) is 61.3 Å². The van der Waals surface area contributed by atoms with Gasteiger partial charge in [-0.15, -0.1) is 0 Å². The molecule has 314 valence electrons. The first kappa shape index (κ1) is 38.4. The second-order valence-corrected chi connectivity index (χ2v) is 19.5. The molecule has 7 aliphatic carbocycles. The second kappa shape index (κ2) is 14.7. The highest BCUT2D eigenvalue weighted by Gasteiger charge is 2.45. The van der Waals surface area contributed by atoms with Crippen LogP contribution in [0.4, 0.5) is 17.1 Å². The number of benzene rings is 3. The number of nitrogens with zero attached hydrogens (tertiary/aromatic N) is 2. The quantitative estimate of drug-likeness (QED) is 0.177. The zero-order valence-corrected chi connectivity index (χ0v) is 37.1. The fraction of sp³-hybridized carbons (Fsp3) is 0.288. The van der Waals surface area contributed by atoms with Gasteiger partial charge in [-0.05, 0) is 103 Å². The molecule has 0 N–H and O–H groups in total. The first-order valence-corrected chi connectivity index (χ1v) is 23.4. The first-order valence-electron chi connectivity index (χ1n) is 23.4. The standard InChI is InChI=1S/C59H56N2O2/c1-36(2)47-34-51(60(38-18-8-6-9-19-38)49-24-16-22-43-39-20-10-12-26-53(39)62-57(43)49)45-30-28-42-48(37(3)4)35-52(46-31-29-41(47)55(45)56(42)46)61(59(5)32-14-7-15-33-59)50-25-17-23-44-40-21-11-13-27-54(40)63-58(44)50/h6-10,12-18,20,22-32,34-39,42,53,56H,11,19,21,33H2,1-5H3/t38?,39?,42?,53?,56?,59-/m0/s1. The first-order chi connectivity index (χ1) is 30.8. The van der Waals surface area contributed by atoms with Crippen molar-refractivity contribution in [3.63, 3.8) is 0 Å². The molecule has 3 aromatic carbocycles. The maximum Gasteiger partial charge on any atom is 0.158 e. The molecule has 0 fully saturated rings. The van der Waals surface area contributed by atoms with Crippen LogP contribution in [0.15, 0.2) is 161 Å². The molecule has 5 unspecified atom stereocenters. The third-order valence-electron chi connectivity index (χ3n) is 15.1. The van der Waals surface area contributed by atoms with Crippen molar-refractivity contribution in [3.8, 4) is 5.75 Å². The van der Waals surface area contributed by atoms with E-state index in [1.807, 2.05) is 0 Å². The van der Waals surface area contributed by atoms with Crippen LogP contribution in [0.2, 0.25) is 0 Å². The SMILES string of the molecule is CC(C)C1=CC(N(c2cccc3c4c(oc23)C=CCC4)[C@@]2(C)C=CC=CC2)=C2C=Cc3c(C(C)C)cc(N(c4cccc5c4OC4C=CC=CC54)C4C=CC=CC4)c4c3C2C1C=C4. The number of anilines is 3. The Morgan fingerprint density at radius 3 is 2.41 bits per heavy atom. The van der Waals surface area contributed by atoms with Gasteiger partial charge in [0.25, 0.3) is 0 Å². The molecule has 0 saturated carbocycles. The van der Waals surface area contributed by atoms with E-state index < -0.39 is 0 Å². The lowest BCUT2D eigenvalue weighted by Gasteiger charge is -2.48. The van der Waals surface area contributed by atoms with Crippen LogP contribution in [0.3, 0.4) is 0 Å². The van der Waals surface area contributed by atoms with Gasteiger partial charge in [0.1, 0.15) is 17.6 Å². The molecule has 0 bridgehead atoms. The van der Waals surface area contributed by atoms with Crippen LogP contribution in [0.1, 0.15) is 111 Å². The summed E-state index contributed by atoms with van der Waals surface area (Å²) in [6, 6.07) is 16.3. The molecule has 4 heteroatoms. The van der Waals surface area contributed by atoms with Crippen LogP contribution in [0, 0.1) is 11.8 Å². The molecule has 0 radical (unpaired) electrons. The molecule has 0 spiro atoms. The van der Waals surface area contributed by atoms with Crippen LogP contribution in [0.5, 0.6) is 5.75 Å². The summed E-state index contributed by atoms with van der Waals surface area (Å²) < 4.78 is 13.9. The average molecular weight is 825 g/mol. The Morgan fingerprint density at radius 1 is 0.746 bits per heavy atom. The second-order valence-electron chi connectivity index (χ2n) is 19.5. The Labute approximate surface area is 372 Å². The molecule has 6 atom stereocenters. The molecule has 1 aromatic heterocycles. The Kier molecular flexibility index (Phi) is 8.94. The molecule has 12 rings (SSSR count). The van der Waals surface area contributed by atoms with E-state index in [0.717, 1.165) is 54.2 Å². The lowest BCUT2D eigenvalue weighted by atomic mass is 9.62. The van der Waals surface area contributed by atoms with Gasteiger partial charge in [0.05, 0.1) is 23.0 Å². The number of ether oxygens (including phenoxy) is 1. The molecular weight excluding hydrogens is 769 g/mol. The number of para-hydroxylation sites is 2. The third kappa shape index (κ3) is 5.86. The molecule has 4 aromatic rings. The van der Waals surface area contributed by atoms with E-state index in [4.69, 9.17) is 9.15 Å². The summed E-state index contributed by atoms with van der Waals surface area (Å²) in [4.78, 5) is 5.28. The van der Waals surface area contributed by atoms with Crippen molar-refractivity contribution in [1.82, 2.24) is 0 Å². The molecule has 1 aliphatic heterocycles. The van der Waals surface area contributed by atoms with Crippen LogP contribution in [-0.4, -0.2) is 17.7 Å². The van der Waals surface area contributed by atoms with E-state index in [0.29, 0.717) is 11.8 Å². The Balaban J connectivity index is 1.11. The summed E-state index contributed by atoms with van der Waals surface area (Å²) >= 11 is 0. The minimum absolute atomic E-state index is 0.0107. The van der Waals surface area contributed by atoms with Gasteiger partial charge in [-0.1, -0.05) is 155 Å². The predicted octanol–water partition coefficient (Wildman–Crippen LogP) is 14.9. The van der Waals surface area contributed by atoms with Gasteiger partial charge in [-0.25, -0.2) is 0 Å². The monoisotopic (exact) mass is 824 g/mol. The van der Waals surface area contributed by atoms with E-state index in [1.54, 1.807) is 0 Å². The number of allylic oxidation sites excluding steroid dienone is 12. The van der Waals surface area contributed by atoms with Gasteiger partial charge in [-0.3, -0.25) is 0 Å². The predicted molar refractivity (Wildman–Crippen MR) is 263 cm³/mol. The molecular formula is C59H56N2O2. The highest BCUT2D eigenvalue weighted by atomic mass is 16.5. The average Bonchev–Trinajstić information content (AvgIpc) is 3.89. The number of hydrogen-bond acceptors (Lipinski definition) is 4. The number of fused-ring (bicyclic) bond motifs is 6. The number of furan rings is 1. The smallest absolute Gasteiger partial charge is 0.158 e. The fourth-order valence-electron chi connectivity index (χ4n) is 12.1. The number of hydrogen-bond donors (Lipinski definition) is 0. The molecule has 0 saturated heterocycles. The van der Waals surface area contributed by atoms with Crippen molar-refractivity contribution in [2.45, 2.75) is 95.7 Å². The summed E-state index contributed by atoms with van der Waals surface area (Å²) in [5, 5.41) is 1.23. The van der Waals surface area contributed by atoms with Gasteiger partial charge in [-0.2, -0.15) is 0 Å². The lowest BCUT2D eigenvalue weighted by molar-refractivity contribution is 0.269. The van der Waals surface area contributed by atoms with E-state index in [-0.39, 0.29) is 35.4 Å². The van der Waals surface area contributed by atoms with Crippen LogP contribution >= 0.6 is 0 Å². The van der Waals surface area contributed by atoms with Crippen molar-refractivity contribution < 1.29 is 9.15 Å². The number of aryl methyl sites for hydroxylation is 1. The third-order valence-corrected chi connectivity index (χ3v) is 15.1. The minimum Gasteiger partial charge on any atom is -0.483 e. The van der Waals surface area contributed by atoms with Crippen LogP contribution in [0.25, 0.3) is 29.2 Å². The molecule has 0 amide bonds. The van der Waals surface area contributed by atoms with Gasteiger partial charge in [0, 0.05) is 51.2 Å². The summed E-state index contributed by atoms with van der Waals surface area (Å²) in [7, 11) is 0. The minimum atomic E-state index is -0.334. The zero-order valence-electron chi connectivity index (χ0n) is 37.1. The molecule has 8 aliphatic rings. The highest BCUT2D eigenvalue weighted by molar-refractivity contribution is 5.96. The number of rotatable bonds is 8. The van der Waals surface area contributed by atoms with Crippen LogP contribution < -0.4 is 14.5 Å². The van der Waals surface area contributed by atoms with Crippen molar-refractivity contribution >= 4 is 46.3 Å². The van der Waals surface area contributed by atoms with Gasteiger partial charge in [0.2, 0.25) is 0 Å². The topological polar surface area (TPSA) is 28.9 Å². The summed E-state index contributed by atoms with van der Waals surface area (Å²) in [6.45, 7) is 11.9. The maximum atomic E-state index is 6.95. The molecule has 63 heavy (non-hydrogen) atoms. The van der Waals surface area contributed by atoms with Crippen molar-refractivity contribution in [1.29, 1.82) is 0 Å². The fourth-order valence-corrected chi connectivity index (χ4v) is 12.1. The summed E-state index contributed by atoms with van der Waals surface area (Å²) in [5.41, 5.74) is 16.5. The summed E-state index contributed by atoms with van der Waals surface area (Å²) in [6.07, 6.45) is 47.9.